The number of nitrogens with zero attached hydrogens (tertiary/aromatic N) is 3. The molecule has 0 unspecified atom stereocenters. The fourth-order valence-corrected chi connectivity index (χ4v) is 2.91. The van der Waals surface area contributed by atoms with E-state index in [1.54, 1.807) is 6.20 Å². The van der Waals surface area contributed by atoms with Crippen LogP contribution in [0.4, 0.5) is 0 Å². The third-order valence-electron chi connectivity index (χ3n) is 4.14. The Labute approximate surface area is 115 Å². The molecule has 106 valence electrons. The Morgan fingerprint density at radius 3 is 2.53 bits per heavy atom. The molecule has 1 aromatic rings. The van der Waals surface area contributed by atoms with Crippen molar-refractivity contribution in [2.24, 2.45) is 0 Å². The van der Waals surface area contributed by atoms with Crippen LogP contribution in [-0.4, -0.2) is 58.1 Å². The lowest BCUT2D eigenvalue weighted by Gasteiger charge is -2.37. The van der Waals surface area contributed by atoms with E-state index < -0.39 is 0 Å². The summed E-state index contributed by atoms with van der Waals surface area (Å²) < 4.78 is 0. The maximum absolute atomic E-state index is 12.3. The largest absolute Gasteiger partial charge is 0.338 e. The minimum Gasteiger partial charge on any atom is -0.338 e. The molecule has 1 saturated heterocycles. The molecule has 1 aromatic heterocycles. The van der Waals surface area contributed by atoms with E-state index in [0.717, 1.165) is 44.7 Å². The highest BCUT2D eigenvalue weighted by molar-refractivity contribution is 5.95. The molecule has 0 radical (unpaired) electrons. The second-order valence-electron chi connectivity index (χ2n) is 5.15. The van der Waals surface area contributed by atoms with E-state index in [2.05, 4.69) is 28.9 Å². The standard InChI is InChI=1S/C14H24N4O/c1-4-17(5-2)12-6-8-18(9-7-12)14(19)13-10-15-16-11(13)3/h10,12H,4-9H2,1-3H3,(H,15,16). The summed E-state index contributed by atoms with van der Waals surface area (Å²) >= 11 is 0. The van der Waals surface area contributed by atoms with Crippen molar-refractivity contribution in [2.75, 3.05) is 26.2 Å². The quantitative estimate of drug-likeness (QED) is 0.900. The van der Waals surface area contributed by atoms with Gasteiger partial charge in [0, 0.05) is 24.8 Å². The Bertz CT molecular complexity index is 417. The molecule has 1 aliphatic rings. The summed E-state index contributed by atoms with van der Waals surface area (Å²) in [5.41, 5.74) is 1.57. The molecule has 0 aliphatic carbocycles. The van der Waals surface area contributed by atoms with Gasteiger partial charge >= 0.3 is 0 Å². The molecule has 0 saturated carbocycles. The van der Waals surface area contributed by atoms with Crippen molar-refractivity contribution in [1.82, 2.24) is 20.0 Å². The first-order valence-corrected chi connectivity index (χ1v) is 7.20. The molecule has 1 N–H and O–H groups in total. The lowest BCUT2D eigenvalue weighted by Crippen LogP contribution is -2.46. The van der Waals surface area contributed by atoms with E-state index in [-0.39, 0.29) is 5.91 Å². The van der Waals surface area contributed by atoms with Gasteiger partial charge in [-0.05, 0) is 32.9 Å². The van der Waals surface area contributed by atoms with E-state index >= 15 is 0 Å². The first kappa shape index (κ1) is 14.1. The van der Waals surface area contributed by atoms with Crippen LogP contribution in [0.2, 0.25) is 0 Å². The first-order valence-electron chi connectivity index (χ1n) is 7.20. The summed E-state index contributed by atoms with van der Waals surface area (Å²) in [6.07, 6.45) is 3.78. The van der Waals surface area contributed by atoms with E-state index in [1.165, 1.54) is 0 Å². The normalized spacial score (nSPS) is 17.2. The summed E-state index contributed by atoms with van der Waals surface area (Å²) in [6.45, 7) is 10.2. The number of carbonyl (C=O) groups is 1. The lowest BCUT2D eigenvalue weighted by atomic mass is 10.0. The van der Waals surface area contributed by atoms with Crippen LogP contribution in [0, 0.1) is 6.92 Å². The van der Waals surface area contributed by atoms with Crippen LogP contribution in [0.5, 0.6) is 0 Å². The zero-order valence-corrected chi connectivity index (χ0v) is 12.1. The number of nitrogens with one attached hydrogen (secondary N) is 1. The molecule has 1 amide bonds. The van der Waals surface area contributed by atoms with Crippen LogP contribution < -0.4 is 0 Å². The van der Waals surface area contributed by atoms with Gasteiger partial charge in [-0.1, -0.05) is 13.8 Å². The topological polar surface area (TPSA) is 52.2 Å². The summed E-state index contributed by atoms with van der Waals surface area (Å²) in [5.74, 6) is 0.115. The van der Waals surface area contributed by atoms with Crippen LogP contribution in [0.3, 0.4) is 0 Å². The van der Waals surface area contributed by atoms with Gasteiger partial charge in [0.15, 0.2) is 0 Å². The molecular weight excluding hydrogens is 240 g/mol. The fourth-order valence-electron chi connectivity index (χ4n) is 2.91. The molecule has 19 heavy (non-hydrogen) atoms. The molecule has 5 heteroatoms. The molecule has 0 bridgehead atoms. The number of carbonyl (C=O) groups excluding carboxylic acids is 1. The van der Waals surface area contributed by atoms with Crippen molar-refractivity contribution in [3.05, 3.63) is 17.5 Å². The molecule has 0 spiro atoms. The Morgan fingerprint density at radius 1 is 1.42 bits per heavy atom. The van der Waals surface area contributed by atoms with Crippen LogP contribution in [0.1, 0.15) is 42.7 Å². The van der Waals surface area contributed by atoms with Gasteiger partial charge in [-0.15, -0.1) is 0 Å². The monoisotopic (exact) mass is 264 g/mol. The van der Waals surface area contributed by atoms with Crippen molar-refractivity contribution in [2.45, 2.75) is 39.7 Å². The smallest absolute Gasteiger partial charge is 0.257 e. The van der Waals surface area contributed by atoms with Gasteiger partial charge in [0.1, 0.15) is 0 Å². The molecule has 1 aliphatic heterocycles. The number of hydrogen-bond donors (Lipinski definition) is 1. The van der Waals surface area contributed by atoms with E-state index in [1.807, 2.05) is 11.8 Å². The summed E-state index contributed by atoms with van der Waals surface area (Å²) in [4.78, 5) is 16.8. The Hall–Kier alpha value is -1.36. The molecule has 0 atom stereocenters. The van der Waals surface area contributed by atoms with Gasteiger partial charge in [-0.2, -0.15) is 5.10 Å². The van der Waals surface area contributed by atoms with E-state index in [9.17, 15) is 4.79 Å². The van der Waals surface area contributed by atoms with Crippen LogP contribution in [0.25, 0.3) is 0 Å². The van der Waals surface area contributed by atoms with Gasteiger partial charge in [0.2, 0.25) is 0 Å². The maximum Gasteiger partial charge on any atom is 0.257 e. The molecule has 2 rings (SSSR count). The Balaban J connectivity index is 1.93. The molecule has 1 fully saturated rings. The third-order valence-corrected chi connectivity index (χ3v) is 4.14. The van der Waals surface area contributed by atoms with Gasteiger partial charge in [-0.25, -0.2) is 0 Å². The van der Waals surface area contributed by atoms with Crippen LogP contribution in [0.15, 0.2) is 6.20 Å². The van der Waals surface area contributed by atoms with Crippen LogP contribution in [-0.2, 0) is 0 Å². The third kappa shape index (κ3) is 2.97. The lowest BCUT2D eigenvalue weighted by molar-refractivity contribution is 0.0631. The average molecular weight is 264 g/mol. The van der Waals surface area contributed by atoms with Gasteiger partial charge in [0.25, 0.3) is 5.91 Å². The maximum atomic E-state index is 12.3. The summed E-state index contributed by atoms with van der Waals surface area (Å²) in [7, 11) is 0. The van der Waals surface area contributed by atoms with Gasteiger partial charge in [-0.3, -0.25) is 9.89 Å². The summed E-state index contributed by atoms with van der Waals surface area (Å²) in [5, 5.41) is 6.75. The first-order chi connectivity index (χ1) is 9.17. The number of aryl methyl sites for hydroxylation is 1. The molecule has 0 aromatic carbocycles. The Morgan fingerprint density at radius 2 is 2.05 bits per heavy atom. The predicted molar refractivity (Wildman–Crippen MR) is 75.2 cm³/mol. The second-order valence-corrected chi connectivity index (χ2v) is 5.15. The SMILES string of the molecule is CCN(CC)C1CCN(C(=O)c2cn[nH]c2C)CC1. The summed E-state index contributed by atoms with van der Waals surface area (Å²) in [6, 6.07) is 0.629. The zero-order valence-electron chi connectivity index (χ0n) is 12.1. The molecular formula is C14H24N4O. The second kappa shape index (κ2) is 6.19. The average Bonchev–Trinajstić information content (AvgIpc) is 2.86. The number of H-pyrrole nitrogens is 1. The highest BCUT2D eigenvalue weighted by Gasteiger charge is 2.27. The van der Waals surface area contributed by atoms with Gasteiger partial charge in [0.05, 0.1) is 11.8 Å². The minimum atomic E-state index is 0.115. The highest BCUT2D eigenvalue weighted by atomic mass is 16.2. The van der Waals surface area contributed by atoms with Crippen molar-refractivity contribution < 1.29 is 4.79 Å². The minimum absolute atomic E-state index is 0.115. The number of likely N-dealkylation sites (tertiary alicyclic amines) is 1. The number of aromatic amines is 1. The number of rotatable bonds is 4. The number of hydrogen-bond acceptors (Lipinski definition) is 3. The zero-order chi connectivity index (χ0) is 13.8. The van der Waals surface area contributed by atoms with Crippen LogP contribution >= 0.6 is 0 Å². The fraction of sp³-hybridized carbons (Fsp3) is 0.714. The molecule has 2 heterocycles. The number of amides is 1. The van der Waals surface area contributed by atoms with Crippen molar-refractivity contribution in [3.63, 3.8) is 0 Å². The van der Waals surface area contributed by atoms with Crippen molar-refractivity contribution in [1.29, 1.82) is 0 Å². The number of aromatic nitrogens is 2. The highest BCUT2D eigenvalue weighted by Crippen LogP contribution is 2.18. The number of piperidine rings is 1. The van der Waals surface area contributed by atoms with Crippen molar-refractivity contribution in [3.8, 4) is 0 Å². The molecule has 5 nitrogen and oxygen atoms in total. The van der Waals surface area contributed by atoms with Gasteiger partial charge < -0.3 is 9.80 Å². The Kier molecular flexibility index (Phi) is 4.58. The van der Waals surface area contributed by atoms with E-state index in [4.69, 9.17) is 0 Å². The van der Waals surface area contributed by atoms with Crippen molar-refractivity contribution >= 4 is 5.91 Å². The van der Waals surface area contributed by atoms with E-state index in [0.29, 0.717) is 11.6 Å². The predicted octanol–water partition coefficient (Wildman–Crippen LogP) is 1.66.